The summed E-state index contributed by atoms with van der Waals surface area (Å²) >= 11 is 3.46. The van der Waals surface area contributed by atoms with Crippen LogP contribution in [0.5, 0.6) is 0 Å². The Balaban J connectivity index is 2.65. The van der Waals surface area contributed by atoms with Crippen LogP contribution in [0.15, 0.2) is 22.7 Å². The second-order valence-electron chi connectivity index (χ2n) is 5.27. The molecule has 1 aromatic carbocycles. The molecule has 1 heterocycles. The lowest BCUT2D eigenvalue weighted by Gasteiger charge is -2.23. The summed E-state index contributed by atoms with van der Waals surface area (Å²) in [6.45, 7) is 5.93. The Morgan fingerprint density at radius 3 is 2.72 bits per heavy atom. The first-order chi connectivity index (χ1) is 8.31. The Hall–Kier alpha value is -1.29. The number of hydrogen-bond donors (Lipinski definition) is 2. The summed E-state index contributed by atoms with van der Waals surface area (Å²) in [7, 11) is 0. The third-order valence-electron chi connectivity index (χ3n) is 3.22. The summed E-state index contributed by atoms with van der Waals surface area (Å²) in [6, 6.07) is 6.02. The number of fused-ring (bicyclic) bond motifs is 1. The first-order valence-electron chi connectivity index (χ1n) is 5.81. The molecular weight excluding hydrogens is 294 g/mol. The molecule has 18 heavy (non-hydrogen) atoms. The lowest BCUT2D eigenvalue weighted by Crippen LogP contribution is -2.22. The number of aromatic nitrogens is 1. The molecule has 3 nitrogen and oxygen atoms in total. The fourth-order valence-electron chi connectivity index (χ4n) is 2.64. The molecular formula is C14H16BrNO2. The Labute approximate surface area is 114 Å². The topological polar surface area (TPSA) is 53.1 Å². The van der Waals surface area contributed by atoms with Crippen molar-refractivity contribution in [1.29, 1.82) is 0 Å². The minimum absolute atomic E-state index is 0.118. The summed E-state index contributed by atoms with van der Waals surface area (Å²) < 4.78 is 1.00. The first kappa shape index (κ1) is 13.1. The van der Waals surface area contributed by atoms with Gasteiger partial charge in [0.1, 0.15) is 0 Å². The quantitative estimate of drug-likeness (QED) is 0.900. The molecule has 0 unspecified atom stereocenters. The number of benzene rings is 1. The minimum atomic E-state index is -0.774. The van der Waals surface area contributed by atoms with Crippen LogP contribution in [0.25, 0.3) is 10.9 Å². The first-order valence-corrected chi connectivity index (χ1v) is 6.60. The molecule has 4 heteroatoms. The molecule has 0 aliphatic rings. The van der Waals surface area contributed by atoms with Gasteiger partial charge in [0, 0.05) is 26.5 Å². The molecule has 96 valence electrons. The normalized spacial score (nSPS) is 12.0. The average Bonchev–Trinajstić information content (AvgIpc) is 2.51. The van der Waals surface area contributed by atoms with E-state index in [0.717, 1.165) is 26.6 Å². The Bertz CT molecular complexity index is 614. The minimum Gasteiger partial charge on any atom is -0.481 e. The van der Waals surface area contributed by atoms with E-state index in [0.29, 0.717) is 0 Å². The summed E-state index contributed by atoms with van der Waals surface area (Å²) in [6.07, 6.45) is 0.118. The highest BCUT2D eigenvalue weighted by Gasteiger charge is 2.29. The summed E-state index contributed by atoms with van der Waals surface area (Å²) in [5.41, 5.74) is 2.77. The van der Waals surface area contributed by atoms with Crippen LogP contribution in [-0.2, 0) is 10.2 Å². The van der Waals surface area contributed by atoms with E-state index in [1.54, 1.807) is 0 Å². The second kappa shape index (κ2) is 4.43. The average molecular weight is 310 g/mol. The molecule has 0 saturated heterocycles. The van der Waals surface area contributed by atoms with E-state index < -0.39 is 11.4 Å². The van der Waals surface area contributed by atoms with Crippen LogP contribution >= 0.6 is 15.9 Å². The Morgan fingerprint density at radius 1 is 1.44 bits per heavy atom. The highest BCUT2D eigenvalue weighted by atomic mass is 79.9. The van der Waals surface area contributed by atoms with Crippen LogP contribution in [0.1, 0.15) is 31.5 Å². The molecule has 2 aromatic rings. The van der Waals surface area contributed by atoms with Gasteiger partial charge < -0.3 is 10.1 Å². The Kier molecular flexibility index (Phi) is 3.23. The molecule has 0 fully saturated rings. The third-order valence-corrected chi connectivity index (χ3v) is 3.71. The molecule has 0 amide bonds. The third kappa shape index (κ3) is 2.29. The molecule has 0 radical (unpaired) electrons. The van der Waals surface area contributed by atoms with Crippen LogP contribution in [0.3, 0.4) is 0 Å². The number of carbonyl (C=O) groups is 1. The monoisotopic (exact) mass is 309 g/mol. The zero-order chi connectivity index (χ0) is 13.5. The standard InChI is InChI=1S/C14H16BrNO2/c1-8-13(14(2,3)7-12(17)18)10-6-9(15)4-5-11(10)16-8/h4-6,16H,7H2,1-3H3,(H,17,18). The predicted octanol–water partition coefficient (Wildman–Crippen LogP) is 3.99. The zero-order valence-corrected chi connectivity index (χ0v) is 12.3. The number of carboxylic acids is 1. The van der Waals surface area contributed by atoms with Gasteiger partial charge >= 0.3 is 5.97 Å². The molecule has 1 aromatic heterocycles. The van der Waals surface area contributed by atoms with E-state index in [1.165, 1.54) is 0 Å². The number of aliphatic carboxylic acids is 1. The molecule has 0 aliphatic heterocycles. The predicted molar refractivity (Wildman–Crippen MR) is 76.0 cm³/mol. The van der Waals surface area contributed by atoms with E-state index >= 15 is 0 Å². The number of rotatable bonds is 3. The largest absolute Gasteiger partial charge is 0.481 e. The van der Waals surface area contributed by atoms with Gasteiger partial charge in [0.25, 0.3) is 0 Å². The van der Waals surface area contributed by atoms with E-state index in [4.69, 9.17) is 5.11 Å². The van der Waals surface area contributed by atoms with Gasteiger partial charge in [-0.05, 0) is 30.7 Å². The smallest absolute Gasteiger partial charge is 0.304 e. The van der Waals surface area contributed by atoms with Crippen LogP contribution in [0, 0.1) is 6.92 Å². The number of aromatic amines is 1. The molecule has 0 aliphatic carbocycles. The van der Waals surface area contributed by atoms with Crippen LogP contribution in [0.2, 0.25) is 0 Å². The number of hydrogen-bond acceptors (Lipinski definition) is 1. The molecule has 0 spiro atoms. The maximum Gasteiger partial charge on any atom is 0.304 e. The number of nitrogens with one attached hydrogen (secondary N) is 1. The SMILES string of the molecule is Cc1[nH]c2ccc(Br)cc2c1C(C)(C)CC(=O)O. The van der Waals surface area contributed by atoms with Gasteiger partial charge in [-0.1, -0.05) is 29.8 Å². The lowest BCUT2D eigenvalue weighted by molar-refractivity contribution is -0.138. The fraction of sp³-hybridized carbons (Fsp3) is 0.357. The Morgan fingerprint density at radius 2 is 2.11 bits per heavy atom. The molecule has 0 bridgehead atoms. The van der Waals surface area contributed by atoms with Gasteiger partial charge in [-0.2, -0.15) is 0 Å². The number of carboxylic acid groups (broad SMARTS) is 1. The fourth-order valence-corrected chi connectivity index (χ4v) is 3.00. The van der Waals surface area contributed by atoms with Crippen molar-refractivity contribution < 1.29 is 9.90 Å². The maximum absolute atomic E-state index is 11.0. The van der Waals surface area contributed by atoms with Crippen molar-refractivity contribution in [2.24, 2.45) is 0 Å². The van der Waals surface area contributed by atoms with Crippen molar-refractivity contribution in [1.82, 2.24) is 4.98 Å². The summed E-state index contributed by atoms with van der Waals surface area (Å²) in [4.78, 5) is 14.3. The molecule has 0 saturated carbocycles. The zero-order valence-electron chi connectivity index (χ0n) is 10.7. The van der Waals surface area contributed by atoms with Crippen molar-refractivity contribution in [3.63, 3.8) is 0 Å². The van der Waals surface area contributed by atoms with E-state index in [-0.39, 0.29) is 6.42 Å². The number of halogens is 1. The van der Waals surface area contributed by atoms with Crippen LogP contribution in [-0.4, -0.2) is 16.1 Å². The lowest BCUT2D eigenvalue weighted by atomic mass is 9.80. The van der Waals surface area contributed by atoms with Crippen molar-refractivity contribution in [3.05, 3.63) is 33.9 Å². The van der Waals surface area contributed by atoms with Gasteiger partial charge in [0.15, 0.2) is 0 Å². The van der Waals surface area contributed by atoms with Crippen molar-refractivity contribution >= 4 is 32.8 Å². The van der Waals surface area contributed by atoms with Gasteiger partial charge in [0.2, 0.25) is 0 Å². The van der Waals surface area contributed by atoms with Crippen LogP contribution in [0.4, 0.5) is 0 Å². The second-order valence-corrected chi connectivity index (χ2v) is 6.18. The van der Waals surface area contributed by atoms with Gasteiger partial charge in [-0.15, -0.1) is 0 Å². The van der Waals surface area contributed by atoms with E-state index in [9.17, 15) is 4.79 Å². The van der Waals surface area contributed by atoms with Gasteiger partial charge in [0.05, 0.1) is 6.42 Å². The molecule has 2 rings (SSSR count). The summed E-state index contributed by atoms with van der Waals surface area (Å²) in [5.74, 6) is -0.774. The molecule has 2 N–H and O–H groups in total. The highest BCUT2D eigenvalue weighted by molar-refractivity contribution is 9.10. The molecule has 0 atom stereocenters. The van der Waals surface area contributed by atoms with Crippen molar-refractivity contribution in [2.45, 2.75) is 32.6 Å². The number of aryl methyl sites for hydroxylation is 1. The van der Waals surface area contributed by atoms with Crippen molar-refractivity contribution in [2.75, 3.05) is 0 Å². The van der Waals surface area contributed by atoms with Gasteiger partial charge in [-0.25, -0.2) is 0 Å². The maximum atomic E-state index is 11.0. The van der Waals surface area contributed by atoms with E-state index in [2.05, 4.69) is 20.9 Å². The van der Waals surface area contributed by atoms with Gasteiger partial charge in [-0.3, -0.25) is 4.79 Å². The highest BCUT2D eigenvalue weighted by Crippen LogP contribution is 2.36. The van der Waals surface area contributed by atoms with Crippen molar-refractivity contribution in [3.8, 4) is 0 Å². The van der Waals surface area contributed by atoms with E-state index in [1.807, 2.05) is 39.0 Å². The summed E-state index contributed by atoms with van der Waals surface area (Å²) in [5, 5.41) is 10.1. The number of H-pyrrole nitrogens is 1. The van der Waals surface area contributed by atoms with Crippen LogP contribution < -0.4 is 0 Å².